The number of benzene rings is 4. The Kier molecular flexibility index (Phi) is 15.4. The molecule has 0 saturated carbocycles. The van der Waals surface area contributed by atoms with Crippen molar-refractivity contribution in [2.24, 2.45) is 0 Å². The van der Waals surface area contributed by atoms with Gasteiger partial charge in [0.1, 0.15) is 34.1 Å². The lowest BCUT2D eigenvalue weighted by Crippen LogP contribution is -2.24. The van der Waals surface area contributed by atoms with Gasteiger partial charge in [0, 0.05) is 39.0 Å². The molecule has 0 amide bonds. The highest BCUT2D eigenvalue weighted by Gasteiger charge is 2.18. The molecule has 0 atom stereocenters. The van der Waals surface area contributed by atoms with Crippen molar-refractivity contribution in [3.8, 4) is 23.0 Å². The monoisotopic (exact) mass is 702 g/mol. The van der Waals surface area contributed by atoms with Gasteiger partial charge in [0.25, 0.3) is 5.17 Å². The number of carbonyl (C=O) groups excluding carboxylic acids is 2. The van der Waals surface area contributed by atoms with Crippen LogP contribution in [0, 0.1) is 0 Å². The molecule has 47 heavy (non-hydrogen) atoms. The van der Waals surface area contributed by atoms with Crippen LogP contribution in [0.2, 0.25) is 0 Å². The first kappa shape index (κ1) is 38.8. The summed E-state index contributed by atoms with van der Waals surface area (Å²) in [5.74, 6) is 0.939. The molecule has 0 spiro atoms. The summed E-state index contributed by atoms with van der Waals surface area (Å²) in [5.41, 5.74) is 0.789. The van der Waals surface area contributed by atoms with Crippen LogP contribution in [0.3, 0.4) is 0 Å². The molecule has 0 unspecified atom stereocenters. The van der Waals surface area contributed by atoms with Gasteiger partial charge in [0.05, 0.1) is 27.4 Å². The van der Waals surface area contributed by atoms with Crippen molar-refractivity contribution in [3.05, 3.63) is 71.8 Å². The number of nitrogens with zero attached hydrogens (tertiary/aromatic N) is 2. The first-order chi connectivity index (χ1) is 22.3. The topological polar surface area (TPSA) is 107 Å². The summed E-state index contributed by atoms with van der Waals surface area (Å²) in [4.78, 5) is 27.2. The number of ether oxygens (including phenoxy) is 5. The van der Waals surface area contributed by atoms with Gasteiger partial charge in [0.2, 0.25) is 0 Å². The molecule has 0 aliphatic carbocycles. The highest BCUT2D eigenvalue weighted by atomic mass is 35.5. The number of phenolic OH excluding ortho intramolecular Hbond substituents is 1. The number of hydrogen-bond acceptors (Lipinski definition) is 10. The van der Waals surface area contributed by atoms with E-state index in [4.69, 9.17) is 47.5 Å². The minimum Gasteiger partial charge on any atom is -0.508 e. The summed E-state index contributed by atoms with van der Waals surface area (Å²) in [5, 5.41) is 13.1. The van der Waals surface area contributed by atoms with Crippen LogP contribution in [0.25, 0.3) is 21.5 Å². The van der Waals surface area contributed by atoms with E-state index < -0.39 is 11.9 Å². The number of hydrogen-bond donors (Lipinski definition) is 1. The van der Waals surface area contributed by atoms with Gasteiger partial charge < -0.3 is 38.6 Å². The lowest BCUT2D eigenvalue weighted by molar-refractivity contribution is 0.0513. The maximum absolute atomic E-state index is 12.0. The van der Waals surface area contributed by atoms with Gasteiger partial charge in [-0.2, -0.15) is 0 Å². The summed E-state index contributed by atoms with van der Waals surface area (Å²) in [6.45, 7) is 4.15. The van der Waals surface area contributed by atoms with E-state index in [1.54, 1.807) is 80.2 Å². The number of phenols is 1. The third-order valence-corrected chi connectivity index (χ3v) is 7.37. The van der Waals surface area contributed by atoms with Gasteiger partial charge in [-0.3, -0.25) is 0 Å². The molecular formula is C34H39ClN2O8S2. The Bertz CT molecular complexity index is 1730. The molecule has 4 rings (SSSR count). The molecular weight excluding hydrogens is 664 g/mol. The number of fused-ring (bicyclic) bond motifs is 2. The second-order valence-corrected chi connectivity index (χ2v) is 11.2. The van der Waals surface area contributed by atoms with Crippen molar-refractivity contribution in [3.63, 3.8) is 0 Å². The predicted molar refractivity (Wildman–Crippen MR) is 194 cm³/mol. The Hall–Kier alpha value is -4.39. The molecule has 4 aromatic rings. The molecule has 0 bridgehead atoms. The van der Waals surface area contributed by atoms with Gasteiger partial charge in [-0.05, 0) is 97.6 Å². The SMILES string of the molecule is CCOC(=O)c1ccc2cc(O)ccc2c1OC.CCOC(=O)c1ccc2cc(OC(=S)N(C)C)ccc2c1OC.CN(C)C(=S)Cl. The summed E-state index contributed by atoms with van der Waals surface area (Å²) < 4.78 is 26.7. The maximum atomic E-state index is 12.0. The molecule has 0 saturated heterocycles. The first-order valence-electron chi connectivity index (χ1n) is 14.3. The van der Waals surface area contributed by atoms with E-state index in [1.165, 1.54) is 14.2 Å². The maximum Gasteiger partial charge on any atom is 0.341 e. The second-order valence-electron chi connectivity index (χ2n) is 9.93. The smallest absolute Gasteiger partial charge is 0.341 e. The Balaban J connectivity index is 0.000000284. The Morgan fingerprint density at radius 2 is 1.17 bits per heavy atom. The standard InChI is InChI=1S/C17H19NO4S.C14H14O4.C3H6ClNS/c1-5-21-16(19)14-8-6-11-10-12(22-17(23)18(2)3)7-9-13(11)15(14)20-4;1-3-18-14(16)12-6-4-9-8-10(15)5-7-11(9)13(12)17-2;1-5(2)3(4)6/h6-10H,5H2,1-4H3;4-8,15H,3H2,1-2H3;1-2H3. The average molecular weight is 703 g/mol. The summed E-state index contributed by atoms with van der Waals surface area (Å²) >= 11 is 14.9. The molecule has 4 aromatic carbocycles. The van der Waals surface area contributed by atoms with Crippen molar-refractivity contribution in [2.45, 2.75) is 13.8 Å². The number of rotatable bonds is 7. The fraction of sp³-hybridized carbons (Fsp3) is 0.294. The van der Waals surface area contributed by atoms with E-state index in [1.807, 2.05) is 32.3 Å². The van der Waals surface area contributed by atoms with Crippen LogP contribution in [0.5, 0.6) is 23.0 Å². The minimum absolute atomic E-state index is 0.174. The van der Waals surface area contributed by atoms with Crippen LogP contribution >= 0.6 is 36.0 Å². The van der Waals surface area contributed by atoms with Gasteiger partial charge in [-0.1, -0.05) is 23.7 Å². The molecule has 10 nitrogen and oxygen atoms in total. The van der Waals surface area contributed by atoms with Gasteiger partial charge in [-0.25, -0.2) is 9.59 Å². The summed E-state index contributed by atoms with van der Waals surface area (Å²) in [6.07, 6.45) is 0. The molecule has 0 aliphatic heterocycles. The van der Waals surface area contributed by atoms with Gasteiger partial charge in [-0.15, -0.1) is 0 Å². The molecule has 0 heterocycles. The number of aromatic hydroxyl groups is 1. The van der Waals surface area contributed by atoms with E-state index in [9.17, 15) is 14.7 Å². The Labute approximate surface area is 290 Å². The normalized spacial score (nSPS) is 9.98. The largest absolute Gasteiger partial charge is 0.508 e. The fourth-order valence-corrected chi connectivity index (χ4v) is 4.10. The zero-order valence-corrected chi connectivity index (χ0v) is 30.0. The number of halogens is 1. The number of carbonyl (C=O) groups is 2. The third kappa shape index (κ3) is 10.8. The lowest BCUT2D eigenvalue weighted by atomic mass is 10.0. The van der Waals surface area contributed by atoms with Crippen LogP contribution < -0.4 is 14.2 Å². The number of esters is 2. The van der Waals surface area contributed by atoms with Gasteiger partial charge >= 0.3 is 11.9 Å². The predicted octanol–water partition coefficient (Wildman–Crippen LogP) is 7.05. The summed E-state index contributed by atoms with van der Waals surface area (Å²) in [7, 11) is 10.3. The van der Waals surface area contributed by atoms with E-state index >= 15 is 0 Å². The summed E-state index contributed by atoms with van der Waals surface area (Å²) in [6, 6.07) is 17.3. The zero-order valence-electron chi connectivity index (χ0n) is 27.6. The molecule has 0 fully saturated rings. The van der Waals surface area contributed by atoms with Crippen molar-refractivity contribution >= 4 is 79.1 Å². The van der Waals surface area contributed by atoms with Crippen LogP contribution in [-0.4, -0.2) is 92.1 Å². The molecule has 13 heteroatoms. The van der Waals surface area contributed by atoms with E-state index in [-0.39, 0.29) is 5.75 Å². The van der Waals surface area contributed by atoms with Crippen molar-refractivity contribution in [2.75, 3.05) is 55.6 Å². The highest BCUT2D eigenvalue weighted by molar-refractivity contribution is 7.83. The average Bonchev–Trinajstić information content (AvgIpc) is 3.04. The van der Waals surface area contributed by atoms with Crippen LogP contribution in [0.1, 0.15) is 34.6 Å². The Morgan fingerprint density at radius 3 is 1.57 bits per heavy atom. The zero-order chi connectivity index (χ0) is 35.3. The van der Waals surface area contributed by atoms with Crippen molar-refractivity contribution in [1.82, 2.24) is 9.80 Å². The quantitative estimate of drug-likeness (QED) is 0.0923. The first-order valence-corrected chi connectivity index (χ1v) is 15.5. The Morgan fingerprint density at radius 1 is 0.723 bits per heavy atom. The molecule has 1 N–H and O–H groups in total. The molecule has 252 valence electrons. The van der Waals surface area contributed by atoms with Crippen molar-refractivity contribution < 1.29 is 38.4 Å². The van der Waals surface area contributed by atoms with E-state index in [2.05, 4.69) is 12.2 Å². The number of methoxy groups -OCH3 is 2. The van der Waals surface area contributed by atoms with Crippen molar-refractivity contribution in [1.29, 1.82) is 0 Å². The van der Waals surface area contributed by atoms with E-state index in [0.29, 0.717) is 51.2 Å². The van der Waals surface area contributed by atoms with Crippen LogP contribution in [0.15, 0.2) is 60.7 Å². The molecule has 0 radical (unpaired) electrons. The fourth-order valence-electron chi connectivity index (χ4n) is 4.00. The van der Waals surface area contributed by atoms with Gasteiger partial charge in [0.15, 0.2) is 4.45 Å². The third-order valence-electron chi connectivity index (χ3n) is 6.22. The minimum atomic E-state index is -0.413. The number of thiocarbonyl (C=S) groups is 2. The highest BCUT2D eigenvalue weighted by Crippen LogP contribution is 2.33. The van der Waals surface area contributed by atoms with Crippen LogP contribution in [-0.2, 0) is 9.47 Å². The van der Waals surface area contributed by atoms with E-state index in [0.717, 1.165) is 21.5 Å². The van der Waals surface area contributed by atoms with Crippen LogP contribution in [0.4, 0.5) is 0 Å². The molecule has 0 aliphatic rings. The lowest BCUT2D eigenvalue weighted by Gasteiger charge is -2.15. The molecule has 0 aromatic heterocycles. The second kappa shape index (κ2) is 18.7.